The van der Waals surface area contributed by atoms with Crippen LogP contribution in [0.25, 0.3) is 0 Å². The third-order valence-corrected chi connectivity index (χ3v) is 2.28. The lowest BCUT2D eigenvalue weighted by Crippen LogP contribution is -2.07. The van der Waals surface area contributed by atoms with Crippen LogP contribution in [-0.4, -0.2) is 5.78 Å². The monoisotopic (exact) mass is 168 g/mol. The van der Waals surface area contributed by atoms with Crippen molar-refractivity contribution >= 4 is 5.78 Å². The molecule has 0 spiro atoms. The van der Waals surface area contributed by atoms with Crippen LogP contribution < -0.4 is 0 Å². The van der Waals surface area contributed by atoms with Crippen molar-refractivity contribution in [1.82, 2.24) is 0 Å². The largest absolute Gasteiger partial charge is 0.299 e. The topological polar surface area (TPSA) is 17.1 Å². The Morgan fingerprint density at radius 3 is 2.17 bits per heavy atom. The molecule has 0 aromatic carbocycles. The van der Waals surface area contributed by atoms with Gasteiger partial charge in [-0.1, -0.05) is 39.3 Å². The first-order valence-corrected chi connectivity index (χ1v) is 4.70. The predicted molar refractivity (Wildman–Crippen MR) is 53.1 cm³/mol. The minimum absolute atomic E-state index is 0.0948. The van der Waals surface area contributed by atoms with E-state index in [0.29, 0.717) is 18.1 Å². The zero-order valence-corrected chi connectivity index (χ0v) is 8.85. The van der Waals surface area contributed by atoms with Crippen molar-refractivity contribution in [3.63, 3.8) is 0 Å². The second-order valence-corrected chi connectivity index (χ2v) is 3.67. The minimum atomic E-state index is 0.0948. The molecule has 0 rings (SSSR count). The molecule has 0 radical (unpaired) electrons. The lowest BCUT2D eigenvalue weighted by molar-refractivity contribution is -0.120. The molecule has 0 N–H and O–H groups in total. The van der Waals surface area contributed by atoms with E-state index in [1.807, 2.05) is 13.8 Å². The molecule has 0 aliphatic heterocycles. The van der Waals surface area contributed by atoms with Gasteiger partial charge in [0.2, 0.25) is 0 Å². The summed E-state index contributed by atoms with van der Waals surface area (Å²) < 4.78 is 0. The first kappa shape index (κ1) is 11.4. The Balaban J connectivity index is 4.23. The van der Waals surface area contributed by atoms with Crippen molar-refractivity contribution < 1.29 is 4.79 Å². The fourth-order valence-corrected chi connectivity index (χ4v) is 1.00. The van der Waals surface area contributed by atoms with Crippen molar-refractivity contribution in [2.24, 2.45) is 11.8 Å². The van der Waals surface area contributed by atoms with E-state index in [2.05, 4.69) is 26.8 Å². The molecule has 12 heavy (non-hydrogen) atoms. The van der Waals surface area contributed by atoms with E-state index in [9.17, 15) is 4.79 Å². The van der Waals surface area contributed by atoms with Crippen molar-refractivity contribution in [2.75, 3.05) is 0 Å². The summed E-state index contributed by atoms with van der Waals surface area (Å²) in [6, 6.07) is 0. The van der Waals surface area contributed by atoms with E-state index in [4.69, 9.17) is 0 Å². The zero-order chi connectivity index (χ0) is 9.72. The van der Waals surface area contributed by atoms with Gasteiger partial charge in [0.1, 0.15) is 5.78 Å². The fraction of sp³-hybridized carbons (Fsp3) is 0.727. The Bertz CT molecular complexity index is 177. The quantitative estimate of drug-likeness (QED) is 0.589. The summed E-state index contributed by atoms with van der Waals surface area (Å²) in [5, 5.41) is 0. The second kappa shape index (κ2) is 5.13. The number of allylic oxidation sites excluding steroid dienone is 2. The maximum atomic E-state index is 11.2. The van der Waals surface area contributed by atoms with E-state index in [-0.39, 0.29) is 5.92 Å². The fourth-order valence-electron chi connectivity index (χ4n) is 1.00. The Morgan fingerprint density at radius 1 is 1.33 bits per heavy atom. The first-order valence-electron chi connectivity index (χ1n) is 4.70. The van der Waals surface area contributed by atoms with Gasteiger partial charge in [0.15, 0.2) is 0 Å². The molecule has 0 aromatic heterocycles. The van der Waals surface area contributed by atoms with Gasteiger partial charge in [-0.05, 0) is 12.8 Å². The minimum Gasteiger partial charge on any atom is -0.299 e. The molecule has 1 heteroatoms. The lowest BCUT2D eigenvalue weighted by Gasteiger charge is -2.08. The molecule has 0 aliphatic carbocycles. The van der Waals surface area contributed by atoms with Crippen molar-refractivity contribution in [3.8, 4) is 0 Å². The number of carbonyl (C=O) groups excluding carboxylic acids is 1. The normalized spacial score (nSPS) is 15.0. The van der Waals surface area contributed by atoms with Gasteiger partial charge in [-0.2, -0.15) is 0 Å². The number of hydrogen-bond acceptors (Lipinski definition) is 1. The van der Waals surface area contributed by atoms with Crippen molar-refractivity contribution in [1.29, 1.82) is 0 Å². The van der Waals surface area contributed by atoms with E-state index in [0.717, 1.165) is 0 Å². The summed E-state index contributed by atoms with van der Waals surface area (Å²) in [4.78, 5) is 11.2. The first-order chi connectivity index (χ1) is 5.49. The summed E-state index contributed by atoms with van der Waals surface area (Å²) >= 11 is 0. The highest BCUT2D eigenvalue weighted by molar-refractivity contribution is 5.82. The van der Waals surface area contributed by atoms with Gasteiger partial charge < -0.3 is 0 Å². The lowest BCUT2D eigenvalue weighted by atomic mass is 9.97. The number of carbonyl (C=O) groups is 1. The summed E-state index contributed by atoms with van der Waals surface area (Å²) in [6.45, 7) is 10.3. The highest BCUT2D eigenvalue weighted by Crippen LogP contribution is 2.13. The highest BCUT2D eigenvalue weighted by atomic mass is 16.1. The Morgan fingerprint density at radius 2 is 1.83 bits per heavy atom. The van der Waals surface area contributed by atoms with E-state index >= 15 is 0 Å². The van der Waals surface area contributed by atoms with Gasteiger partial charge >= 0.3 is 0 Å². The Labute approximate surface area is 75.9 Å². The average molecular weight is 168 g/mol. The number of hydrogen-bond donors (Lipinski definition) is 0. The molecule has 0 aliphatic rings. The zero-order valence-electron chi connectivity index (χ0n) is 8.85. The van der Waals surface area contributed by atoms with Crippen LogP contribution in [0.5, 0.6) is 0 Å². The molecule has 1 nitrogen and oxygen atoms in total. The van der Waals surface area contributed by atoms with E-state index in [1.165, 1.54) is 5.57 Å². The molecule has 70 valence electrons. The third-order valence-electron chi connectivity index (χ3n) is 2.28. The number of rotatable bonds is 4. The second-order valence-electron chi connectivity index (χ2n) is 3.67. The highest BCUT2D eigenvalue weighted by Gasteiger charge is 2.08. The molecule has 0 aromatic rings. The molecule has 0 amide bonds. The van der Waals surface area contributed by atoms with Crippen LogP contribution in [0.3, 0.4) is 0 Å². The van der Waals surface area contributed by atoms with Crippen LogP contribution in [0.4, 0.5) is 0 Å². The summed E-state index contributed by atoms with van der Waals surface area (Å²) in [7, 11) is 0. The van der Waals surface area contributed by atoms with Gasteiger partial charge in [0.05, 0.1) is 0 Å². The summed E-state index contributed by atoms with van der Waals surface area (Å²) in [5.41, 5.74) is 1.31. The molecular formula is C11H20O. The standard InChI is InChI=1S/C11H20O/c1-6-11(12)10(5)7-9(4)8(2)3/h7-8,10H,6H2,1-5H3/b9-7+. The van der Waals surface area contributed by atoms with Gasteiger partial charge in [0, 0.05) is 12.3 Å². The Hall–Kier alpha value is -0.590. The molecule has 0 saturated carbocycles. The van der Waals surface area contributed by atoms with Crippen LogP contribution in [0.1, 0.15) is 41.0 Å². The SMILES string of the molecule is CCC(=O)C(C)/C=C(\C)C(C)C. The maximum absolute atomic E-state index is 11.2. The van der Waals surface area contributed by atoms with E-state index in [1.54, 1.807) is 0 Å². The van der Waals surface area contributed by atoms with Gasteiger partial charge in [-0.25, -0.2) is 0 Å². The molecule has 0 fully saturated rings. The maximum Gasteiger partial charge on any atom is 0.139 e. The third kappa shape index (κ3) is 3.70. The predicted octanol–water partition coefficient (Wildman–Crippen LogP) is 3.20. The van der Waals surface area contributed by atoms with Crippen LogP contribution in [0, 0.1) is 11.8 Å². The van der Waals surface area contributed by atoms with Gasteiger partial charge in [0.25, 0.3) is 0 Å². The van der Waals surface area contributed by atoms with Crippen LogP contribution in [-0.2, 0) is 4.79 Å². The van der Waals surface area contributed by atoms with Crippen molar-refractivity contribution in [2.45, 2.75) is 41.0 Å². The van der Waals surface area contributed by atoms with Crippen LogP contribution in [0.2, 0.25) is 0 Å². The Kier molecular flexibility index (Phi) is 4.87. The number of ketones is 1. The van der Waals surface area contributed by atoms with Gasteiger partial charge in [-0.15, -0.1) is 0 Å². The summed E-state index contributed by atoms with van der Waals surface area (Å²) in [5.74, 6) is 0.976. The van der Waals surface area contributed by atoms with Crippen LogP contribution >= 0.6 is 0 Å². The molecule has 1 atom stereocenters. The van der Waals surface area contributed by atoms with Gasteiger partial charge in [-0.3, -0.25) is 4.79 Å². The average Bonchev–Trinajstić information content (AvgIpc) is 2.02. The summed E-state index contributed by atoms with van der Waals surface area (Å²) in [6.07, 6.45) is 2.72. The molecule has 0 bridgehead atoms. The molecule has 0 heterocycles. The van der Waals surface area contributed by atoms with E-state index < -0.39 is 0 Å². The number of Topliss-reactive ketones (excluding diaryl/α,β-unsaturated/α-hetero) is 1. The molecule has 1 unspecified atom stereocenters. The molecular weight excluding hydrogens is 148 g/mol. The van der Waals surface area contributed by atoms with Crippen LogP contribution in [0.15, 0.2) is 11.6 Å². The van der Waals surface area contributed by atoms with Crippen molar-refractivity contribution in [3.05, 3.63) is 11.6 Å². The smallest absolute Gasteiger partial charge is 0.139 e. The molecule has 0 saturated heterocycles.